The average Bonchev–Trinajstić information content (AvgIpc) is 2.93. The maximum Gasteiger partial charge on any atom is 0.270 e. The highest BCUT2D eigenvalue weighted by molar-refractivity contribution is 7.09. The number of anilines is 1. The largest absolute Gasteiger partial charge is 0.387 e. The number of amides is 1. The molecule has 0 aliphatic rings. The Morgan fingerprint density at radius 3 is 2.63 bits per heavy atom. The molecule has 0 atom stereocenters. The van der Waals surface area contributed by atoms with Crippen LogP contribution in [0, 0.1) is 0 Å². The van der Waals surface area contributed by atoms with Crippen LogP contribution in [0.5, 0.6) is 0 Å². The van der Waals surface area contributed by atoms with Gasteiger partial charge >= 0.3 is 0 Å². The summed E-state index contributed by atoms with van der Waals surface area (Å²) in [4.78, 5) is 20.5. The molecule has 2 aromatic heterocycles. The maximum absolute atomic E-state index is 12.1. The van der Waals surface area contributed by atoms with Crippen molar-refractivity contribution in [2.75, 3.05) is 12.4 Å². The third-order valence-corrected chi connectivity index (χ3v) is 3.77. The average molecular weight is 276 g/mol. The van der Waals surface area contributed by atoms with Gasteiger partial charge in [-0.05, 0) is 26.0 Å². The number of rotatable bonds is 4. The molecule has 2 aromatic rings. The zero-order valence-electron chi connectivity index (χ0n) is 11.1. The molecule has 0 spiro atoms. The van der Waals surface area contributed by atoms with Gasteiger partial charge in [0.05, 0.1) is 17.4 Å². The van der Waals surface area contributed by atoms with Gasteiger partial charge in [0.2, 0.25) is 0 Å². The lowest BCUT2D eigenvalue weighted by molar-refractivity contribution is 0.0907. The predicted molar refractivity (Wildman–Crippen MR) is 76.4 cm³/mol. The minimum Gasteiger partial charge on any atom is -0.387 e. The molecule has 0 radical (unpaired) electrons. The van der Waals surface area contributed by atoms with Gasteiger partial charge in [0.25, 0.3) is 5.91 Å². The van der Waals surface area contributed by atoms with Gasteiger partial charge < -0.3 is 10.6 Å². The number of nitrogens with one attached hydrogen (secondary N) is 2. The number of hydrogen-bond acceptors (Lipinski definition) is 5. The molecule has 0 aliphatic heterocycles. The van der Waals surface area contributed by atoms with Crippen LogP contribution in [0.15, 0.2) is 29.9 Å². The fourth-order valence-corrected chi connectivity index (χ4v) is 2.33. The van der Waals surface area contributed by atoms with Crippen molar-refractivity contribution >= 4 is 22.9 Å². The van der Waals surface area contributed by atoms with Crippen molar-refractivity contribution < 1.29 is 4.79 Å². The number of hydrogen-bond donors (Lipinski definition) is 2. The predicted octanol–water partition coefficient (Wildman–Crippen LogP) is 2.24. The second-order valence-corrected chi connectivity index (χ2v) is 5.49. The van der Waals surface area contributed by atoms with Crippen LogP contribution in [0.25, 0.3) is 0 Å². The summed E-state index contributed by atoms with van der Waals surface area (Å²) in [6, 6.07) is 3.51. The van der Waals surface area contributed by atoms with Gasteiger partial charge in [-0.2, -0.15) is 0 Å². The van der Waals surface area contributed by atoms with Gasteiger partial charge in [0.1, 0.15) is 10.7 Å². The summed E-state index contributed by atoms with van der Waals surface area (Å²) >= 11 is 1.52. The Kier molecular flexibility index (Phi) is 3.80. The summed E-state index contributed by atoms with van der Waals surface area (Å²) in [6.45, 7) is 3.84. The molecule has 6 heteroatoms. The van der Waals surface area contributed by atoms with Gasteiger partial charge in [0, 0.05) is 18.6 Å². The first-order chi connectivity index (χ1) is 9.03. The molecule has 19 heavy (non-hydrogen) atoms. The van der Waals surface area contributed by atoms with Gasteiger partial charge in [-0.1, -0.05) is 0 Å². The zero-order valence-corrected chi connectivity index (χ0v) is 11.9. The SMILES string of the molecule is CNc1ccc(C(=O)NC(C)(C)c2nccs2)nc1. The van der Waals surface area contributed by atoms with Crippen molar-refractivity contribution in [3.63, 3.8) is 0 Å². The van der Waals surface area contributed by atoms with E-state index in [4.69, 9.17) is 0 Å². The Labute approximate surface area is 116 Å². The Bertz CT molecular complexity index is 549. The van der Waals surface area contributed by atoms with Crippen molar-refractivity contribution in [1.29, 1.82) is 0 Å². The lowest BCUT2D eigenvalue weighted by atomic mass is 10.1. The van der Waals surface area contributed by atoms with E-state index in [9.17, 15) is 4.79 Å². The Balaban J connectivity index is 2.12. The Morgan fingerprint density at radius 1 is 1.32 bits per heavy atom. The lowest BCUT2D eigenvalue weighted by Crippen LogP contribution is -2.41. The van der Waals surface area contributed by atoms with Gasteiger partial charge in [0.15, 0.2) is 0 Å². The monoisotopic (exact) mass is 276 g/mol. The molecule has 2 heterocycles. The second-order valence-electron chi connectivity index (χ2n) is 4.60. The molecule has 2 rings (SSSR count). The standard InChI is InChI=1S/C13H16N4OS/c1-13(2,12-15-6-7-19-12)17-11(18)10-5-4-9(14-3)8-16-10/h4-8,14H,1-3H3,(H,17,18). The topological polar surface area (TPSA) is 66.9 Å². The number of nitrogens with zero attached hydrogens (tertiary/aromatic N) is 2. The smallest absolute Gasteiger partial charge is 0.270 e. The van der Waals surface area contributed by atoms with Crippen LogP contribution in [-0.2, 0) is 5.54 Å². The highest BCUT2D eigenvalue weighted by Crippen LogP contribution is 2.22. The van der Waals surface area contributed by atoms with E-state index in [1.165, 1.54) is 11.3 Å². The zero-order chi connectivity index (χ0) is 13.9. The number of carbonyl (C=O) groups excluding carboxylic acids is 1. The third kappa shape index (κ3) is 3.08. The van der Waals surface area contributed by atoms with E-state index in [0.29, 0.717) is 5.69 Å². The molecule has 100 valence electrons. The first-order valence-corrected chi connectivity index (χ1v) is 6.77. The summed E-state index contributed by atoms with van der Waals surface area (Å²) in [7, 11) is 1.81. The summed E-state index contributed by atoms with van der Waals surface area (Å²) in [5.41, 5.74) is 0.758. The van der Waals surface area contributed by atoms with Crippen LogP contribution < -0.4 is 10.6 Å². The molecule has 0 saturated carbocycles. The molecule has 0 unspecified atom stereocenters. The molecular weight excluding hydrogens is 260 g/mol. The van der Waals surface area contributed by atoms with E-state index < -0.39 is 5.54 Å². The van der Waals surface area contributed by atoms with Crippen molar-refractivity contribution in [3.8, 4) is 0 Å². The van der Waals surface area contributed by atoms with Crippen molar-refractivity contribution in [2.45, 2.75) is 19.4 Å². The van der Waals surface area contributed by atoms with Gasteiger partial charge in [-0.25, -0.2) is 9.97 Å². The molecule has 0 fully saturated rings. The molecule has 0 saturated heterocycles. The van der Waals surface area contributed by atoms with Crippen molar-refractivity contribution in [3.05, 3.63) is 40.6 Å². The second kappa shape index (κ2) is 5.36. The summed E-state index contributed by atoms with van der Waals surface area (Å²) in [6.07, 6.45) is 3.36. The number of thiazole rings is 1. The van der Waals surface area contributed by atoms with Crippen LogP contribution in [0.4, 0.5) is 5.69 Å². The fourth-order valence-electron chi connectivity index (χ4n) is 1.61. The van der Waals surface area contributed by atoms with Crippen molar-refractivity contribution in [2.24, 2.45) is 0 Å². The lowest BCUT2D eigenvalue weighted by Gasteiger charge is -2.23. The van der Waals surface area contributed by atoms with E-state index in [-0.39, 0.29) is 5.91 Å². The first-order valence-electron chi connectivity index (χ1n) is 5.89. The Morgan fingerprint density at radius 2 is 2.11 bits per heavy atom. The van der Waals surface area contributed by atoms with E-state index in [1.54, 1.807) is 18.5 Å². The van der Waals surface area contributed by atoms with Crippen molar-refractivity contribution in [1.82, 2.24) is 15.3 Å². The molecule has 2 N–H and O–H groups in total. The molecule has 0 aromatic carbocycles. The first kappa shape index (κ1) is 13.5. The van der Waals surface area contributed by atoms with E-state index >= 15 is 0 Å². The number of pyridine rings is 1. The summed E-state index contributed by atoms with van der Waals surface area (Å²) < 4.78 is 0. The minimum absolute atomic E-state index is 0.206. The summed E-state index contributed by atoms with van der Waals surface area (Å²) in [5, 5.41) is 8.66. The van der Waals surface area contributed by atoms with Crippen LogP contribution in [0.3, 0.4) is 0 Å². The quantitative estimate of drug-likeness (QED) is 0.898. The Hall–Kier alpha value is -1.95. The molecule has 1 amide bonds. The van der Waals surface area contributed by atoms with E-state index in [2.05, 4.69) is 20.6 Å². The highest BCUT2D eigenvalue weighted by atomic mass is 32.1. The maximum atomic E-state index is 12.1. The third-order valence-electron chi connectivity index (χ3n) is 2.68. The van der Waals surface area contributed by atoms with Crippen LogP contribution >= 0.6 is 11.3 Å². The number of aromatic nitrogens is 2. The molecule has 0 aliphatic carbocycles. The summed E-state index contributed by atoms with van der Waals surface area (Å²) in [5.74, 6) is -0.206. The highest BCUT2D eigenvalue weighted by Gasteiger charge is 2.26. The van der Waals surface area contributed by atoms with Crippen LogP contribution in [0.1, 0.15) is 29.3 Å². The normalized spacial score (nSPS) is 11.1. The molecular formula is C13H16N4OS. The van der Waals surface area contributed by atoms with E-state index in [1.807, 2.05) is 32.3 Å². The number of carbonyl (C=O) groups is 1. The molecule has 5 nitrogen and oxygen atoms in total. The van der Waals surface area contributed by atoms with Gasteiger partial charge in [-0.3, -0.25) is 4.79 Å². The minimum atomic E-state index is -0.505. The van der Waals surface area contributed by atoms with Gasteiger partial charge in [-0.15, -0.1) is 11.3 Å². The van der Waals surface area contributed by atoms with E-state index in [0.717, 1.165) is 10.7 Å². The molecule has 0 bridgehead atoms. The van der Waals surface area contributed by atoms with Crippen LogP contribution in [-0.4, -0.2) is 22.9 Å². The van der Waals surface area contributed by atoms with Crippen LogP contribution in [0.2, 0.25) is 0 Å². The fraction of sp³-hybridized carbons (Fsp3) is 0.308.